The van der Waals surface area contributed by atoms with Crippen molar-refractivity contribution in [1.29, 1.82) is 0 Å². The van der Waals surface area contributed by atoms with E-state index in [0.29, 0.717) is 11.4 Å². The van der Waals surface area contributed by atoms with Crippen LogP contribution in [0.3, 0.4) is 0 Å². The minimum absolute atomic E-state index is 0. The van der Waals surface area contributed by atoms with Crippen molar-refractivity contribution in [1.82, 2.24) is 0 Å². The number of thiophene rings is 1. The van der Waals surface area contributed by atoms with Gasteiger partial charge in [-0.05, 0) is 36.9 Å². The minimum Gasteiger partial charge on any atom is -0.324 e. The van der Waals surface area contributed by atoms with E-state index in [0.717, 1.165) is 11.3 Å². The highest BCUT2D eigenvalue weighted by atomic mass is 32.1. The van der Waals surface area contributed by atoms with Gasteiger partial charge in [-0.3, -0.25) is 9.59 Å². The molecule has 1 unspecified atom stereocenters. The fourth-order valence-electron chi connectivity index (χ4n) is 2.32. The summed E-state index contributed by atoms with van der Waals surface area (Å²) >= 11 is 1.51. The zero-order chi connectivity index (χ0) is 15.7. The second-order valence-corrected chi connectivity index (χ2v) is 5.86. The van der Waals surface area contributed by atoms with Crippen LogP contribution in [-0.4, -0.2) is 17.5 Å². The van der Waals surface area contributed by atoms with Crippen LogP contribution < -0.4 is 10.3 Å². The second kappa shape index (κ2) is 5.73. The van der Waals surface area contributed by atoms with Gasteiger partial charge < -0.3 is 5.32 Å². The van der Waals surface area contributed by atoms with Gasteiger partial charge in [-0.15, -0.1) is 11.3 Å². The zero-order valence-electron chi connectivity index (χ0n) is 12.2. The Labute approximate surface area is 133 Å². The molecule has 0 saturated heterocycles. The summed E-state index contributed by atoms with van der Waals surface area (Å²) in [6, 6.07) is 9.10. The second-order valence-electron chi connectivity index (χ2n) is 5.12. The molecule has 2 heterocycles. The monoisotopic (exact) mass is 315 g/mol. The van der Waals surface area contributed by atoms with E-state index in [4.69, 9.17) is 0 Å². The van der Waals surface area contributed by atoms with Gasteiger partial charge in [0.05, 0.1) is 17.1 Å². The van der Waals surface area contributed by atoms with Gasteiger partial charge in [0.25, 0.3) is 5.91 Å². The summed E-state index contributed by atoms with van der Waals surface area (Å²) in [7, 11) is 0. The van der Waals surface area contributed by atoms with Crippen LogP contribution in [0.15, 0.2) is 46.2 Å². The summed E-state index contributed by atoms with van der Waals surface area (Å²) in [5, 5.41) is 12.1. The molecule has 0 fully saturated rings. The molecule has 0 saturated carbocycles. The molecule has 114 valence electrons. The van der Waals surface area contributed by atoms with Gasteiger partial charge >= 0.3 is 0 Å². The van der Waals surface area contributed by atoms with Crippen LogP contribution >= 0.6 is 11.3 Å². The number of para-hydroxylation sites is 1. The summed E-state index contributed by atoms with van der Waals surface area (Å²) in [6.45, 7) is 3.62. The van der Waals surface area contributed by atoms with Crippen LogP contribution in [0, 0.1) is 12.8 Å². The lowest BCUT2D eigenvalue weighted by atomic mass is 10.0. The molecule has 1 aliphatic rings. The maximum Gasteiger partial charge on any atom is 0.265 e. The van der Waals surface area contributed by atoms with Crippen molar-refractivity contribution in [2.45, 2.75) is 13.8 Å². The van der Waals surface area contributed by atoms with Gasteiger partial charge in [0, 0.05) is 6.81 Å². The molecular weight excluding hydrogens is 298 g/mol. The summed E-state index contributed by atoms with van der Waals surface area (Å²) < 4.78 is 0. The van der Waals surface area contributed by atoms with Crippen LogP contribution in [0.5, 0.6) is 0 Å². The SMILES string of the molecule is CC1=NN(c2ccccc2)C(=O)C1C(=O)Nc1cscc1C.[HH]. The molecule has 22 heavy (non-hydrogen) atoms. The van der Waals surface area contributed by atoms with Crippen molar-refractivity contribution in [3.05, 3.63) is 46.7 Å². The first kappa shape index (κ1) is 14.5. The Morgan fingerprint density at radius 2 is 2.00 bits per heavy atom. The maximum atomic E-state index is 12.5. The van der Waals surface area contributed by atoms with Crippen LogP contribution in [0.25, 0.3) is 0 Å². The number of carbonyl (C=O) groups is 2. The molecule has 0 spiro atoms. The quantitative estimate of drug-likeness (QED) is 0.884. The largest absolute Gasteiger partial charge is 0.324 e. The van der Waals surface area contributed by atoms with Crippen LogP contribution in [0.1, 0.15) is 13.9 Å². The Hall–Kier alpha value is -2.47. The predicted molar refractivity (Wildman–Crippen MR) is 90.3 cm³/mol. The van der Waals surface area contributed by atoms with Gasteiger partial charge in [0.2, 0.25) is 5.91 Å². The zero-order valence-corrected chi connectivity index (χ0v) is 13.1. The average molecular weight is 315 g/mol. The summed E-state index contributed by atoms with van der Waals surface area (Å²) in [5.74, 6) is -1.54. The molecular formula is C16H17N3O2S. The molecule has 5 nitrogen and oxygen atoms in total. The Morgan fingerprint density at radius 1 is 1.27 bits per heavy atom. The number of amides is 2. The third kappa shape index (κ3) is 2.53. The standard InChI is InChI=1S/C16H15N3O2S.H2/c1-10-8-22-9-13(10)17-15(20)14-11(2)18-19(16(14)21)12-6-4-3-5-7-12;/h3-9,14H,1-2H3,(H,17,20);1H. The maximum absolute atomic E-state index is 12.5. The van der Waals surface area contributed by atoms with Gasteiger partial charge in [-0.1, -0.05) is 18.2 Å². The third-order valence-electron chi connectivity index (χ3n) is 3.51. The molecule has 1 aliphatic heterocycles. The summed E-state index contributed by atoms with van der Waals surface area (Å²) in [5.41, 5.74) is 2.89. The Balaban J connectivity index is 0.00000192. The molecule has 1 aromatic carbocycles. The third-order valence-corrected chi connectivity index (χ3v) is 4.37. The fraction of sp³-hybridized carbons (Fsp3) is 0.188. The predicted octanol–water partition coefficient (Wildman–Crippen LogP) is 3.28. The first-order chi connectivity index (χ1) is 10.6. The summed E-state index contributed by atoms with van der Waals surface area (Å²) in [6.07, 6.45) is 0. The lowest BCUT2D eigenvalue weighted by Gasteiger charge is -2.14. The minimum atomic E-state index is -0.875. The number of rotatable bonds is 3. The Morgan fingerprint density at radius 3 is 2.64 bits per heavy atom. The molecule has 0 radical (unpaired) electrons. The molecule has 0 bridgehead atoms. The van der Waals surface area contributed by atoms with Crippen molar-refractivity contribution >= 4 is 40.2 Å². The highest BCUT2D eigenvalue weighted by Gasteiger charge is 2.39. The number of nitrogens with one attached hydrogen (secondary N) is 1. The van der Waals surface area contributed by atoms with Crippen molar-refractivity contribution in [3.63, 3.8) is 0 Å². The highest BCUT2D eigenvalue weighted by molar-refractivity contribution is 7.08. The molecule has 3 rings (SSSR count). The van der Waals surface area contributed by atoms with Gasteiger partial charge in [0.1, 0.15) is 0 Å². The normalized spacial score (nSPS) is 17.5. The van der Waals surface area contributed by atoms with E-state index < -0.39 is 5.92 Å². The highest BCUT2D eigenvalue weighted by Crippen LogP contribution is 2.26. The molecule has 1 aromatic heterocycles. The lowest BCUT2D eigenvalue weighted by molar-refractivity contribution is -0.127. The number of nitrogens with zero attached hydrogens (tertiary/aromatic N) is 2. The number of hydrazone groups is 1. The van der Waals surface area contributed by atoms with E-state index in [1.807, 2.05) is 35.9 Å². The van der Waals surface area contributed by atoms with E-state index in [2.05, 4.69) is 10.4 Å². The first-order valence-corrected chi connectivity index (χ1v) is 7.80. The van der Waals surface area contributed by atoms with E-state index in [9.17, 15) is 9.59 Å². The number of benzene rings is 1. The Kier molecular flexibility index (Phi) is 3.77. The van der Waals surface area contributed by atoms with Crippen LogP contribution in [0.2, 0.25) is 0 Å². The van der Waals surface area contributed by atoms with E-state index in [1.165, 1.54) is 16.3 Å². The van der Waals surface area contributed by atoms with E-state index in [1.54, 1.807) is 19.1 Å². The lowest BCUT2D eigenvalue weighted by Crippen LogP contribution is -2.36. The molecule has 0 aliphatic carbocycles. The fourth-order valence-corrected chi connectivity index (χ4v) is 3.10. The topological polar surface area (TPSA) is 61.8 Å². The van der Waals surface area contributed by atoms with Crippen LogP contribution in [-0.2, 0) is 9.59 Å². The smallest absolute Gasteiger partial charge is 0.265 e. The van der Waals surface area contributed by atoms with Crippen molar-refractivity contribution in [3.8, 4) is 0 Å². The van der Waals surface area contributed by atoms with Crippen molar-refractivity contribution < 1.29 is 11.0 Å². The van der Waals surface area contributed by atoms with Crippen LogP contribution in [0.4, 0.5) is 11.4 Å². The number of anilines is 2. The summed E-state index contributed by atoms with van der Waals surface area (Å²) in [4.78, 5) is 25.0. The van der Waals surface area contributed by atoms with Crippen molar-refractivity contribution in [2.75, 3.05) is 10.3 Å². The molecule has 1 atom stereocenters. The first-order valence-electron chi connectivity index (χ1n) is 6.85. The van der Waals surface area contributed by atoms with Crippen molar-refractivity contribution in [2.24, 2.45) is 11.0 Å². The van der Waals surface area contributed by atoms with Gasteiger partial charge in [-0.2, -0.15) is 10.1 Å². The number of hydrogen-bond donors (Lipinski definition) is 1. The van der Waals surface area contributed by atoms with E-state index in [-0.39, 0.29) is 13.2 Å². The van der Waals surface area contributed by atoms with Gasteiger partial charge in [0.15, 0.2) is 5.92 Å². The van der Waals surface area contributed by atoms with Gasteiger partial charge in [-0.25, -0.2) is 0 Å². The molecule has 2 aromatic rings. The average Bonchev–Trinajstić information content (AvgIpc) is 3.03. The molecule has 6 heteroatoms. The number of aryl methyl sites for hydroxylation is 1. The molecule has 2 amide bonds. The number of hydrogen-bond acceptors (Lipinski definition) is 4. The van der Waals surface area contributed by atoms with E-state index >= 15 is 0 Å². The molecule has 1 N–H and O–H groups in total. The number of carbonyl (C=O) groups excluding carboxylic acids is 2. The Bertz CT molecular complexity index is 758.